The number of carbonyl (C=O) groups is 1. The summed E-state index contributed by atoms with van der Waals surface area (Å²) in [6.45, 7) is 7.42. The Balaban J connectivity index is 2.09. The van der Waals surface area contributed by atoms with E-state index in [0.29, 0.717) is 19.7 Å². The molecule has 6 nitrogen and oxygen atoms in total. The fourth-order valence-corrected chi connectivity index (χ4v) is 3.65. The highest BCUT2D eigenvalue weighted by Gasteiger charge is 2.20. The summed E-state index contributed by atoms with van der Waals surface area (Å²) in [5.74, 6) is 0.775. The Morgan fingerprint density at radius 1 is 1.35 bits per heavy atom. The lowest BCUT2D eigenvalue weighted by molar-refractivity contribution is 0.145. The number of amides is 2. The van der Waals surface area contributed by atoms with Crippen LogP contribution in [0.25, 0.3) is 0 Å². The molecule has 0 fully saturated rings. The van der Waals surface area contributed by atoms with Gasteiger partial charge in [-0.15, -0.1) is 11.3 Å². The molecule has 1 N–H and O–H groups in total. The van der Waals surface area contributed by atoms with Crippen LogP contribution in [0, 0.1) is 13.8 Å². The van der Waals surface area contributed by atoms with Gasteiger partial charge in [0.05, 0.1) is 30.5 Å². The lowest BCUT2D eigenvalue weighted by Gasteiger charge is -2.25. The van der Waals surface area contributed by atoms with E-state index in [1.807, 2.05) is 45.0 Å². The number of aromatic nitrogens is 1. The number of nitrogens with one attached hydrogen (secondary N) is 1. The molecule has 0 aliphatic rings. The van der Waals surface area contributed by atoms with Gasteiger partial charge in [-0.25, -0.2) is 9.78 Å². The van der Waals surface area contributed by atoms with Crippen molar-refractivity contribution in [3.05, 3.63) is 45.4 Å². The average molecular weight is 378 g/mol. The summed E-state index contributed by atoms with van der Waals surface area (Å²) < 4.78 is 10.4. The number of rotatable bonds is 8. The van der Waals surface area contributed by atoms with Gasteiger partial charge in [-0.2, -0.15) is 0 Å². The maximum Gasteiger partial charge on any atom is 0.318 e. The third-order valence-corrected chi connectivity index (χ3v) is 4.95. The number of ether oxygens (including phenoxy) is 2. The summed E-state index contributed by atoms with van der Waals surface area (Å²) in [4.78, 5) is 20.2. The molecule has 1 atom stereocenters. The van der Waals surface area contributed by atoms with Crippen molar-refractivity contribution < 1.29 is 14.3 Å². The number of benzene rings is 1. The second kappa shape index (κ2) is 9.54. The minimum atomic E-state index is -0.150. The maximum atomic E-state index is 12.8. The molecule has 0 radical (unpaired) electrons. The van der Waals surface area contributed by atoms with Crippen LogP contribution in [0.5, 0.6) is 5.75 Å². The van der Waals surface area contributed by atoms with Crippen LogP contribution in [0.1, 0.15) is 34.1 Å². The molecule has 0 saturated carbocycles. The Labute approximate surface area is 159 Å². The van der Waals surface area contributed by atoms with E-state index in [-0.39, 0.29) is 12.1 Å². The van der Waals surface area contributed by atoms with Gasteiger partial charge >= 0.3 is 6.03 Å². The molecule has 7 heteroatoms. The Morgan fingerprint density at radius 2 is 2.12 bits per heavy atom. The van der Waals surface area contributed by atoms with Crippen LogP contribution < -0.4 is 10.1 Å². The molecular formula is C19H27N3O3S. The van der Waals surface area contributed by atoms with E-state index in [4.69, 9.17) is 9.47 Å². The average Bonchev–Trinajstić information content (AvgIpc) is 2.97. The van der Waals surface area contributed by atoms with Crippen LogP contribution in [-0.4, -0.2) is 43.3 Å². The zero-order valence-corrected chi connectivity index (χ0v) is 16.9. The SMILES string of the molecule is COCCN(Cc1cccc(OC)c1)C(=O)NC(C)c1nc(C)sc1C. The first-order valence-corrected chi connectivity index (χ1v) is 9.37. The van der Waals surface area contributed by atoms with Gasteiger partial charge in [0.1, 0.15) is 5.75 Å². The van der Waals surface area contributed by atoms with Gasteiger partial charge in [-0.05, 0) is 38.5 Å². The van der Waals surface area contributed by atoms with Crippen LogP contribution in [0.15, 0.2) is 24.3 Å². The summed E-state index contributed by atoms with van der Waals surface area (Å²) in [6.07, 6.45) is 0. The standard InChI is InChI=1S/C19H27N3O3S/c1-13(18-14(2)26-15(3)21-18)20-19(23)22(9-10-24-4)12-16-7-6-8-17(11-16)25-5/h6-8,11,13H,9-10,12H2,1-5H3,(H,20,23). The minimum absolute atomic E-state index is 0.137. The van der Waals surface area contributed by atoms with Gasteiger partial charge in [0, 0.05) is 25.1 Å². The van der Waals surface area contributed by atoms with E-state index in [1.165, 1.54) is 0 Å². The van der Waals surface area contributed by atoms with Gasteiger partial charge in [-0.3, -0.25) is 0 Å². The predicted octanol–water partition coefficient (Wildman–Crippen LogP) is 3.69. The topological polar surface area (TPSA) is 63.7 Å². The van der Waals surface area contributed by atoms with E-state index >= 15 is 0 Å². The molecular weight excluding hydrogens is 350 g/mol. The van der Waals surface area contributed by atoms with Crippen molar-refractivity contribution in [3.8, 4) is 5.75 Å². The number of hydrogen-bond donors (Lipinski definition) is 1. The second-order valence-corrected chi connectivity index (χ2v) is 7.52. The number of carbonyl (C=O) groups excluding carboxylic acids is 1. The number of aryl methyl sites for hydroxylation is 2. The molecule has 2 amide bonds. The molecule has 1 aromatic carbocycles. The van der Waals surface area contributed by atoms with Gasteiger partial charge in [0.25, 0.3) is 0 Å². The van der Waals surface area contributed by atoms with Crippen molar-refractivity contribution in [2.24, 2.45) is 0 Å². The molecule has 2 rings (SSSR count). The Hall–Kier alpha value is -2.12. The highest BCUT2D eigenvalue weighted by molar-refractivity contribution is 7.11. The van der Waals surface area contributed by atoms with Crippen LogP contribution in [-0.2, 0) is 11.3 Å². The van der Waals surface area contributed by atoms with Gasteiger partial charge in [-0.1, -0.05) is 12.1 Å². The molecule has 26 heavy (non-hydrogen) atoms. The van der Waals surface area contributed by atoms with E-state index in [9.17, 15) is 4.79 Å². The van der Waals surface area contributed by atoms with Crippen LogP contribution >= 0.6 is 11.3 Å². The van der Waals surface area contributed by atoms with Crippen molar-refractivity contribution in [1.82, 2.24) is 15.2 Å². The number of urea groups is 1. The quantitative estimate of drug-likeness (QED) is 0.762. The Morgan fingerprint density at radius 3 is 2.73 bits per heavy atom. The number of thiazole rings is 1. The second-order valence-electron chi connectivity index (χ2n) is 6.11. The number of methoxy groups -OCH3 is 2. The largest absolute Gasteiger partial charge is 0.497 e. The van der Waals surface area contributed by atoms with Gasteiger partial charge < -0.3 is 19.7 Å². The third kappa shape index (κ3) is 5.44. The molecule has 142 valence electrons. The highest BCUT2D eigenvalue weighted by Crippen LogP contribution is 2.23. The Kier molecular flexibility index (Phi) is 7.41. The van der Waals surface area contributed by atoms with Crippen molar-refractivity contribution in [3.63, 3.8) is 0 Å². The first-order chi connectivity index (χ1) is 12.4. The van der Waals surface area contributed by atoms with Crippen molar-refractivity contribution >= 4 is 17.4 Å². The van der Waals surface area contributed by atoms with E-state index in [1.54, 1.807) is 30.5 Å². The molecule has 1 heterocycles. The molecule has 0 saturated heterocycles. The molecule has 0 aliphatic heterocycles. The monoisotopic (exact) mass is 377 g/mol. The van der Waals surface area contributed by atoms with Crippen LogP contribution in [0.4, 0.5) is 4.79 Å². The molecule has 0 aliphatic carbocycles. The van der Waals surface area contributed by atoms with Gasteiger partial charge in [0.15, 0.2) is 0 Å². The van der Waals surface area contributed by atoms with Crippen molar-refractivity contribution in [1.29, 1.82) is 0 Å². The summed E-state index contributed by atoms with van der Waals surface area (Å²) in [5.41, 5.74) is 1.93. The smallest absolute Gasteiger partial charge is 0.318 e. The van der Waals surface area contributed by atoms with E-state index in [2.05, 4.69) is 10.3 Å². The molecule has 1 unspecified atom stereocenters. The summed E-state index contributed by atoms with van der Waals surface area (Å²) in [5, 5.41) is 4.06. The first kappa shape index (κ1) is 20.2. The molecule has 0 spiro atoms. The normalized spacial score (nSPS) is 11.9. The number of hydrogen-bond acceptors (Lipinski definition) is 5. The zero-order valence-electron chi connectivity index (χ0n) is 16.0. The highest BCUT2D eigenvalue weighted by atomic mass is 32.1. The lowest BCUT2D eigenvalue weighted by Crippen LogP contribution is -2.42. The number of nitrogens with zero attached hydrogens (tertiary/aromatic N) is 2. The fourth-order valence-electron chi connectivity index (χ4n) is 2.74. The fraction of sp³-hybridized carbons (Fsp3) is 0.474. The van der Waals surface area contributed by atoms with Crippen molar-refractivity contribution in [2.45, 2.75) is 33.4 Å². The molecule has 2 aromatic rings. The van der Waals surface area contributed by atoms with Gasteiger partial charge in [0.2, 0.25) is 0 Å². The Bertz CT molecular complexity index is 733. The maximum absolute atomic E-state index is 12.8. The van der Waals surface area contributed by atoms with Crippen molar-refractivity contribution in [2.75, 3.05) is 27.4 Å². The predicted molar refractivity (Wildman–Crippen MR) is 104 cm³/mol. The summed E-state index contributed by atoms with van der Waals surface area (Å²) in [6, 6.07) is 7.44. The molecule has 1 aromatic heterocycles. The molecule has 0 bridgehead atoms. The summed E-state index contributed by atoms with van der Waals surface area (Å²) >= 11 is 1.64. The van der Waals surface area contributed by atoms with Crippen LogP contribution in [0.2, 0.25) is 0 Å². The minimum Gasteiger partial charge on any atom is -0.497 e. The third-order valence-electron chi connectivity index (χ3n) is 4.05. The lowest BCUT2D eigenvalue weighted by atomic mass is 10.2. The zero-order chi connectivity index (χ0) is 19.1. The summed E-state index contributed by atoms with van der Waals surface area (Å²) in [7, 11) is 3.26. The van der Waals surface area contributed by atoms with E-state index in [0.717, 1.165) is 26.9 Å². The van der Waals surface area contributed by atoms with Crippen LogP contribution in [0.3, 0.4) is 0 Å². The first-order valence-electron chi connectivity index (χ1n) is 8.55. The van der Waals surface area contributed by atoms with E-state index < -0.39 is 0 Å².